The molecule has 5 rings (SSSR count). The second-order valence-corrected chi connectivity index (χ2v) is 10.8. The summed E-state index contributed by atoms with van der Waals surface area (Å²) in [6, 6.07) is 8.29. The van der Waals surface area contributed by atoms with E-state index in [0.29, 0.717) is 49.3 Å². The SMILES string of the molecule is Cc1cccc(CN2C(=O)C(C(=O)Nc3ccc(C(F)(F)F)cc3-c3ccc(C(F)(F)F)nc3)=C(O)C3(C)CCCN23)c1F. The number of aromatic nitrogens is 1. The molecule has 1 aromatic heterocycles. The molecule has 3 heterocycles. The molecule has 3 aromatic rings. The lowest BCUT2D eigenvalue weighted by atomic mass is 9.90. The Balaban J connectivity index is 1.54. The standard InChI is InChI=1S/C30H25F7N4O3/c1-16-5-3-6-18(24(16)31)15-40-27(44)23(25(42)28(2)11-4-12-41(28)40)26(43)39-21-9-8-19(29(32,33)34)13-20(21)17-7-10-22(38-14-17)30(35,36)37/h3,5-10,13-14,42H,4,11-12,15H2,1-2H3,(H,39,43). The van der Waals surface area contributed by atoms with Crippen LogP contribution in [0.4, 0.5) is 36.4 Å². The number of hydrogen-bond donors (Lipinski definition) is 2. The van der Waals surface area contributed by atoms with Crippen molar-refractivity contribution in [2.24, 2.45) is 0 Å². The van der Waals surface area contributed by atoms with Gasteiger partial charge in [0.2, 0.25) is 0 Å². The quantitative estimate of drug-likeness (QED) is 0.242. The van der Waals surface area contributed by atoms with Gasteiger partial charge in [-0.05, 0) is 56.5 Å². The maximum atomic E-state index is 14.9. The number of benzene rings is 2. The summed E-state index contributed by atoms with van der Waals surface area (Å²) in [5, 5.41) is 16.3. The van der Waals surface area contributed by atoms with E-state index in [0.717, 1.165) is 17.1 Å². The van der Waals surface area contributed by atoms with E-state index in [4.69, 9.17) is 0 Å². The number of halogens is 7. The number of alkyl halides is 6. The van der Waals surface area contributed by atoms with Crippen LogP contribution in [0.1, 0.15) is 42.1 Å². The zero-order valence-corrected chi connectivity index (χ0v) is 23.3. The Morgan fingerprint density at radius 2 is 1.80 bits per heavy atom. The first-order chi connectivity index (χ1) is 20.5. The minimum Gasteiger partial charge on any atom is -0.509 e. The Bertz CT molecular complexity index is 1670. The lowest BCUT2D eigenvalue weighted by Gasteiger charge is -2.46. The van der Waals surface area contributed by atoms with Gasteiger partial charge in [-0.1, -0.05) is 24.3 Å². The molecule has 2 aliphatic heterocycles. The fraction of sp³-hybridized carbons (Fsp3) is 0.300. The predicted molar refractivity (Wildman–Crippen MR) is 144 cm³/mol. The molecular formula is C30H25F7N4O3. The largest absolute Gasteiger partial charge is 0.509 e. The fourth-order valence-corrected chi connectivity index (χ4v) is 5.51. The number of hydrazine groups is 1. The highest BCUT2D eigenvalue weighted by atomic mass is 19.4. The molecule has 2 aromatic carbocycles. The number of rotatable bonds is 5. The number of carbonyl (C=O) groups is 2. The highest BCUT2D eigenvalue weighted by Gasteiger charge is 2.52. The summed E-state index contributed by atoms with van der Waals surface area (Å²) in [7, 11) is 0. The summed E-state index contributed by atoms with van der Waals surface area (Å²) in [5.74, 6) is -3.26. The molecule has 1 fully saturated rings. The molecule has 0 aliphatic carbocycles. The van der Waals surface area contributed by atoms with E-state index >= 15 is 0 Å². The maximum absolute atomic E-state index is 14.9. The molecule has 1 unspecified atom stereocenters. The van der Waals surface area contributed by atoms with E-state index in [1.807, 2.05) is 0 Å². The third-order valence-corrected chi connectivity index (χ3v) is 7.87. The van der Waals surface area contributed by atoms with Crippen LogP contribution in [0.2, 0.25) is 0 Å². The molecular weight excluding hydrogens is 597 g/mol. The van der Waals surface area contributed by atoms with Gasteiger partial charge in [-0.2, -0.15) is 26.3 Å². The third-order valence-electron chi connectivity index (χ3n) is 7.87. The number of carbonyl (C=O) groups excluding carboxylic acids is 2. The number of hydrogen-bond acceptors (Lipinski definition) is 5. The van der Waals surface area contributed by atoms with Crippen LogP contribution in [-0.4, -0.2) is 44.0 Å². The van der Waals surface area contributed by atoms with E-state index in [1.54, 1.807) is 31.0 Å². The van der Waals surface area contributed by atoms with Crippen LogP contribution in [0.25, 0.3) is 11.1 Å². The highest BCUT2D eigenvalue weighted by Crippen LogP contribution is 2.43. The zero-order chi connectivity index (χ0) is 32.2. The van der Waals surface area contributed by atoms with Crippen LogP contribution in [0.15, 0.2) is 66.1 Å². The molecule has 1 atom stereocenters. The molecule has 7 nitrogen and oxygen atoms in total. The summed E-state index contributed by atoms with van der Waals surface area (Å²) in [6.07, 6.45) is -8.06. The van der Waals surface area contributed by atoms with Crippen LogP contribution >= 0.6 is 0 Å². The first-order valence-electron chi connectivity index (χ1n) is 13.4. The van der Waals surface area contributed by atoms with Crippen LogP contribution in [-0.2, 0) is 28.5 Å². The minimum absolute atomic E-state index is 0.161. The van der Waals surface area contributed by atoms with E-state index in [-0.39, 0.29) is 28.9 Å². The number of fused-ring (bicyclic) bond motifs is 1. The Morgan fingerprint density at radius 3 is 2.43 bits per heavy atom. The Hall–Kier alpha value is -4.46. The van der Waals surface area contributed by atoms with Gasteiger partial charge in [0.1, 0.15) is 22.8 Å². The molecule has 0 radical (unpaired) electrons. The number of aryl methyl sites for hydroxylation is 1. The molecule has 2 amide bonds. The van der Waals surface area contributed by atoms with Crippen molar-refractivity contribution in [3.8, 4) is 11.1 Å². The van der Waals surface area contributed by atoms with Crippen LogP contribution in [0, 0.1) is 12.7 Å². The predicted octanol–water partition coefficient (Wildman–Crippen LogP) is 6.80. The van der Waals surface area contributed by atoms with Gasteiger partial charge in [-0.25, -0.2) is 9.40 Å². The summed E-state index contributed by atoms with van der Waals surface area (Å²) in [4.78, 5) is 30.7. The topological polar surface area (TPSA) is 85.8 Å². The lowest BCUT2D eigenvalue weighted by molar-refractivity contribution is -0.160. The van der Waals surface area contributed by atoms with Crippen LogP contribution < -0.4 is 5.32 Å². The van der Waals surface area contributed by atoms with Crippen molar-refractivity contribution >= 4 is 17.5 Å². The molecule has 2 aliphatic rings. The average molecular weight is 623 g/mol. The minimum atomic E-state index is -4.83. The molecule has 0 saturated carbocycles. The second kappa shape index (κ2) is 10.9. The zero-order valence-electron chi connectivity index (χ0n) is 23.3. The van der Waals surface area contributed by atoms with Crippen molar-refractivity contribution in [1.82, 2.24) is 15.0 Å². The number of amides is 2. The maximum Gasteiger partial charge on any atom is 0.433 e. The normalized spacial score (nSPS) is 19.4. The van der Waals surface area contributed by atoms with Gasteiger partial charge in [0.15, 0.2) is 0 Å². The van der Waals surface area contributed by atoms with Crippen molar-refractivity contribution in [3.63, 3.8) is 0 Å². The van der Waals surface area contributed by atoms with Crippen LogP contribution in [0.5, 0.6) is 0 Å². The Labute approximate surface area is 246 Å². The van der Waals surface area contributed by atoms with Crippen molar-refractivity contribution < 1.29 is 45.4 Å². The second-order valence-electron chi connectivity index (χ2n) is 10.8. The first-order valence-corrected chi connectivity index (χ1v) is 13.4. The van der Waals surface area contributed by atoms with Gasteiger partial charge in [-0.3, -0.25) is 19.6 Å². The summed E-state index contributed by atoms with van der Waals surface area (Å²) >= 11 is 0. The molecule has 0 spiro atoms. The van der Waals surface area contributed by atoms with Crippen molar-refractivity contribution in [2.45, 2.75) is 51.1 Å². The number of nitrogens with one attached hydrogen (secondary N) is 1. The van der Waals surface area contributed by atoms with E-state index < -0.39 is 58.1 Å². The van der Waals surface area contributed by atoms with Gasteiger partial charge in [0.05, 0.1) is 17.6 Å². The summed E-state index contributed by atoms with van der Waals surface area (Å²) < 4.78 is 94.7. The van der Waals surface area contributed by atoms with E-state index in [1.165, 1.54) is 6.07 Å². The number of aliphatic hydroxyl groups is 1. The summed E-state index contributed by atoms with van der Waals surface area (Å²) in [6.45, 7) is 3.20. The third kappa shape index (κ3) is 5.49. The Morgan fingerprint density at radius 1 is 1.07 bits per heavy atom. The van der Waals surface area contributed by atoms with Crippen LogP contribution in [0.3, 0.4) is 0 Å². The average Bonchev–Trinajstić information content (AvgIpc) is 3.35. The van der Waals surface area contributed by atoms with Gasteiger partial charge in [-0.15, -0.1) is 0 Å². The number of nitrogens with zero attached hydrogens (tertiary/aromatic N) is 3. The van der Waals surface area contributed by atoms with Crippen molar-refractivity contribution in [3.05, 3.63) is 94.3 Å². The fourth-order valence-electron chi connectivity index (χ4n) is 5.51. The smallest absolute Gasteiger partial charge is 0.433 e. The van der Waals surface area contributed by atoms with Crippen molar-refractivity contribution in [2.75, 3.05) is 11.9 Å². The van der Waals surface area contributed by atoms with Gasteiger partial charge in [0.25, 0.3) is 11.8 Å². The number of aliphatic hydroxyl groups excluding tert-OH is 1. The van der Waals surface area contributed by atoms with Gasteiger partial charge < -0.3 is 10.4 Å². The van der Waals surface area contributed by atoms with E-state index in [2.05, 4.69) is 10.3 Å². The molecule has 232 valence electrons. The highest BCUT2D eigenvalue weighted by molar-refractivity contribution is 6.24. The number of anilines is 1. The molecule has 44 heavy (non-hydrogen) atoms. The van der Waals surface area contributed by atoms with E-state index in [9.17, 15) is 45.4 Å². The Kier molecular flexibility index (Phi) is 7.69. The summed E-state index contributed by atoms with van der Waals surface area (Å²) in [5.41, 5.74) is -4.65. The van der Waals surface area contributed by atoms with Crippen molar-refractivity contribution in [1.29, 1.82) is 0 Å². The molecule has 14 heteroatoms. The first kappa shape index (κ1) is 31.0. The number of pyridine rings is 1. The molecule has 0 bridgehead atoms. The monoisotopic (exact) mass is 622 g/mol. The van der Waals surface area contributed by atoms with Gasteiger partial charge in [0, 0.05) is 35.1 Å². The lowest BCUT2D eigenvalue weighted by Crippen LogP contribution is -2.60. The van der Waals surface area contributed by atoms with Gasteiger partial charge >= 0.3 is 12.4 Å². The molecule has 2 N–H and O–H groups in total. The molecule has 1 saturated heterocycles.